The Labute approximate surface area is 587 Å². The van der Waals surface area contributed by atoms with Gasteiger partial charge in [-0.1, -0.05) is 218 Å². The van der Waals surface area contributed by atoms with Crippen LogP contribution < -0.4 is 0 Å². The first-order valence-electron chi connectivity index (χ1n) is 34.6. The van der Waals surface area contributed by atoms with E-state index >= 15 is 0 Å². The SMILES string of the molecule is N#Cc1ccc(-c2ccc(-c3cc(-c4ccc(-c5ccc(-n6c7ccccc7c7cc(-c8ccc9c(c8)c8ccccc8n9-c8ccccc8)ccc76)cc5)cc4)nc(-c4cccc(-n5c6ccccc6c6cc(-c7ccc8c(c7)c7ccccc7n8-c7ccccc7)ccc65)c4)n3)cc2)cc1. The van der Waals surface area contributed by atoms with Crippen molar-refractivity contribution in [3.8, 4) is 107 Å². The van der Waals surface area contributed by atoms with Crippen LogP contribution in [0.2, 0.25) is 0 Å². The Kier molecular flexibility index (Phi) is 13.5. The van der Waals surface area contributed by atoms with Crippen molar-refractivity contribution >= 4 is 87.2 Å². The Morgan fingerprint density at radius 1 is 0.196 bits per heavy atom. The standard InChI is InChI=1S/C95H59N7/c96-60-61-30-32-62(33-31-61)63-34-38-66(39-35-63)85-59-86(98-95(97-85)72-16-15-21-76(54-72)102-90-29-14-10-25-80(90)84-58-71(47-53-94(84)102)69-45-51-92-82(56-69)78-23-8-12-27-88(78)100(92)74-19-5-2-6-20-74)67-40-36-64(37-41-67)65-42-48-75(49-43-65)101-89-28-13-9-24-79(89)83-57-70(46-52-93(83)101)68-44-50-91-81(55-68)77-22-7-11-26-87(77)99(91)73-17-3-1-4-18-73/h1-59H. The highest BCUT2D eigenvalue weighted by atomic mass is 15.0. The predicted molar refractivity (Wildman–Crippen MR) is 422 cm³/mol. The van der Waals surface area contributed by atoms with Crippen molar-refractivity contribution in [2.45, 2.75) is 0 Å². The third kappa shape index (κ3) is 9.65. The van der Waals surface area contributed by atoms with Gasteiger partial charge in [0.15, 0.2) is 5.82 Å². The van der Waals surface area contributed by atoms with Crippen molar-refractivity contribution in [2.75, 3.05) is 0 Å². The minimum atomic E-state index is 0.624. The highest BCUT2D eigenvalue weighted by Gasteiger charge is 2.21. The van der Waals surface area contributed by atoms with E-state index in [4.69, 9.17) is 9.97 Å². The van der Waals surface area contributed by atoms with Crippen molar-refractivity contribution in [2.24, 2.45) is 0 Å². The Hall–Kier alpha value is -13.9. The molecule has 0 unspecified atom stereocenters. The van der Waals surface area contributed by atoms with Crippen LogP contribution in [0.5, 0.6) is 0 Å². The number of nitriles is 1. The van der Waals surface area contributed by atoms with Crippen LogP contribution in [0.1, 0.15) is 5.56 Å². The molecule has 7 nitrogen and oxygen atoms in total. The number of hydrogen-bond donors (Lipinski definition) is 0. The summed E-state index contributed by atoms with van der Waals surface area (Å²) >= 11 is 0. The first-order valence-corrected chi connectivity index (χ1v) is 34.6. The minimum absolute atomic E-state index is 0.624. The lowest BCUT2D eigenvalue weighted by molar-refractivity contribution is 1.16. The molecule has 0 fully saturated rings. The van der Waals surface area contributed by atoms with E-state index < -0.39 is 0 Å². The van der Waals surface area contributed by atoms with Crippen molar-refractivity contribution in [3.63, 3.8) is 0 Å². The zero-order chi connectivity index (χ0) is 67.4. The van der Waals surface area contributed by atoms with Gasteiger partial charge in [-0.15, -0.1) is 0 Å². The van der Waals surface area contributed by atoms with E-state index in [1.807, 2.05) is 24.3 Å². The number of rotatable bonds is 11. The smallest absolute Gasteiger partial charge is 0.160 e. The molecule has 20 rings (SSSR count). The van der Waals surface area contributed by atoms with Crippen LogP contribution in [0, 0.1) is 11.3 Å². The summed E-state index contributed by atoms with van der Waals surface area (Å²) in [6.07, 6.45) is 0. The number of para-hydroxylation sites is 6. The lowest BCUT2D eigenvalue weighted by Crippen LogP contribution is -1.98. The average molecular weight is 1300 g/mol. The molecule has 5 aromatic heterocycles. The van der Waals surface area contributed by atoms with E-state index in [-0.39, 0.29) is 0 Å². The Morgan fingerprint density at radius 2 is 0.480 bits per heavy atom. The molecule has 0 aliphatic carbocycles. The van der Waals surface area contributed by atoms with E-state index in [1.54, 1.807) is 0 Å². The van der Waals surface area contributed by atoms with Gasteiger partial charge in [0.2, 0.25) is 0 Å². The minimum Gasteiger partial charge on any atom is -0.309 e. The summed E-state index contributed by atoms with van der Waals surface area (Å²) < 4.78 is 9.51. The van der Waals surface area contributed by atoms with Gasteiger partial charge < -0.3 is 18.3 Å². The van der Waals surface area contributed by atoms with Crippen LogP contribution in [0.3, 0.4) is 0 Å². The summed E-state index contributed by atoms with van der Waals surface area (Å²) in [5.41, 5.74) is 27.9. The molecular weight excluding hydrogens is 1240 g/mol. The quantitative estimate of drug-likeness (QED) is 0.130. The topological polar surface area (TPSA) is 69.3 Å². The summed E-state index contributed by atoms with van der Waals surface area (Å²) in [4.78, 5) is 10.8. The van der Waals surface area contributed by atoms with Gasteiger partial charge in [0, 0.05) is 82.5 Å². The van der Waals surface area contributed by atoms with Crippen LogP contribution >= 0.6 is 0 Å². The Balaban J connectivity index is 0.635. The predicted octanol–water partition coefficient (Wildman–Crippen LogP) is 24.4. The molecule has 0 radical (unpaired) electrons. The zero-order valence-electron chi connectivity index (χ0n) is 55.2. The molecule has 0 spiro atoms. The molecule has 0 saturated carbocycles. The molecule has 0 aliphatic heterocycles. The fraction of sp³-hybridized carbons (Fsp3) is 0. The highest BCUT2D eigenvalue weighted by molar-refractivity contribution is 6.15. The fourth-order valence-electron chi connectivity index (χ4n) is 15.7. The molecule has 0 N–H and O–H groups in total. The van der Waals surface area contributed by atoms with Crippen LogP contribution in [0.25, 0.3) is 188 Å². The molecular formula is C95H59N7. The van der Waals surface area contributed by atoms with Crippen molar-refractivity contribution in [1.82, 2.24) is 28.2 Å². The van der Waals surface area contributed by atoms with Gasteiger partial charge in [-0.3, -0.25) is 0 Å². The summed E-state index contributed by atoms with van der Waals surface area (Å²) in [7, 11) is 0. The van der Waals surface area contributed by atoms with Crippen LogP contribution in [0.4, 0.5) is 0 Å². The number of hydrogen-bond acceptors (Lipinski definition) is 3. The van der Waals surface area contributed by atoms with Gasteiger partial charge in [0.25, 0.3) is 0 Å². The van der Waals surface area contributed by atoms with Gasteiger partial charge in [-0.25, -0.2) is 9.97 Å². The maximum atomic E-state index is 9.51. The largest absolute Gasteiger partial charge is 0.309 e. The van der Waals surface area contributed by atoms with Crippen molar-refractivity contribution < 1.29 is 0 Å². The molecule has 0 amide bonds. The molecule has 7 heteroatoms. The van der Waals surface area contributed by atoms with E-state index in [9.17, 15) is 5.26 Å². The number of aromatic nitrogens is 6. The van der Waals surface area contributed by atoms with E-state index in [0.29, 0.717) is 11.4 Å². The lowest BCUT2D eigenvalue weighted by Gasteiger charge is -2.13. The molecule has 0 atom stereocenters. The normalized spacial score (nSPS) is 11.7. The Bertz CT molecular complexity index is 6770. The molecule has 0 bridgehead atoms. The molecule has 474 valence electrons. The second kappa shape index (κ2) is 23.7. The highest BCUT2D eigenvalue weighted by Crippen LogP contribution is 2.43. The van der Waals surface area contributed by atoms with Gasteiger partial charge in [-0.2, -0.15) is 5.26 Å². The first-order chi connectivity index (χ1) is 50.5. The Morgan fingerprint density at radius 3 is 0.853 bits per heavy atom. The fourth-order valence-corrected chi connectivity index (χ4v) is 15.7. The second-order valence-corrected chi connectivity index (χ2v) is 26.4. The molecule has 15 aromatic carbocycles. The van der Waals surface area contributed by atoms with E-state index in [2.05, 4.69) is 358 Å². The average Bonchev–Trinajstić information content (AvgIpc) is 1.59. The maximum absolute atomic E-state index is 9.51. The zero-order valence-corrected chi connectivity index (χ0v) is 55.2. The number of nitrogens with zero attached hydrogens (tertiary/aromatic N) is 7. The van der Waals surface area contributed by atoms with Crippen LogP contribution in [-0.4, -0.2) is 28.2 Å². The van der Waals surface area contributed by atoms with E-state index in [0.717, 1.165) is 101 Å². The van der Waals surface area contributed by atoms with Gasteiger partial charge in [0.1, 0.15) is 0 Å². The molecule has 20 aromatic rings. The summed E-state index contributed by atoms with van der Waals surface area (Å²) in [6, 6.07) is 131. The molecule has 5 heterocycles. The maximum Gasteiger partial charge on any atom is 0.160 e. The molecule has 0 aliphatic rings. The molecule has 102 heavy (non-hydrogen) atoms. The second-order valence-electron chi connectivity index (χ2n) is 26.4. The third-order valence-corrected chi connectivity index (χ3v) is 20.6. The lowest BCUT2D eigenvalue weighted by atomic mass is 10.00. The van der Waals surface area contributed by atoms with Gasteiger partial charge >= 0.3 is 0 Å². The first kappa shape index (κ1) is 58.2. The monoisotopic (exact) mass is 1300 g/mol. The van der Waals surface area contributed by atoms with Gasteiger partial charge in [-0.05, 0) is 184 Å². The summed E-state index contributed by atoms with van der Waals surface area (Å²) in [5.74, 6) is 0.624. The van der Waals surface area contributed by atoms with Gasteiger partial charge in [0.05, 0.1) is 67.2 Å². The molecule has 0 saturated heterocycles. The summed E-state index contributed by atoms with van der Waals surface area (Å²) in [5, 5.41) is 19.2. The number of benzene rings is 15. The van der Waals surface area contributed by atoms with Crippen molar-refractivity contribution in [3.05, 3.63) is 363 Å². The van der Waals surface area contributed by atoms with Crippen LogP contribution in [0.15, 0.2) is 358 Å². The van der Waals surface area contributed by atoms with E-state index in [1.165, 1.54) is 81.8 Å². The van der Waals surface area contributed by atoms with Crippen LogP contribution in [-0.2, 0) is 0 Å². The number of fused-ring (bicyclic) bond motifs is 12. The van der Waals surface area contributed by atoms with Crippen molar-refractivity contribution in [1.29, 1.82) is 5.26 Å². The third-order valence-electron chi connectivity index (χ3n) is 20.6. The summed E-state index contributed by atoms with van der Waals surface area (Å²) in [6.45, 7) is 0.